The number of Topliss-reactive ketones (excluding diaryl/α,β-unsaturated/α-hetero) is 1. The minimum atomic E-state index is -3.73. The van der Waals surface area contributed by atoms with Crippen molar-refractivity contribution in [2.24, 2.45) is 0 Å². The van der Waals surface area contributed by atoms with Gasteiger partial charge in [0, 0.05) is 18.7 Å². The van der Waals surface area contributed by atoms with Crippen molar-refractivity contribution in [1.82, 2.24) is 4.31 Å². The van der Waals surface area contributed by atoms with Crippen LogP contribution in [-0.2, 0) is 14.8 Å². The van der Waals surface area contributed by atoms with E-state index in [0.29, 0.717) is 5.56 Å². The van der Waals surface area contributed by atoms with E-state index in [9.17, 15) is 18.0 Å². The number of nitrogens with zero attached hydrogens (tertiary/aromatic N) is 1. The summed E-state index contributed by atoms with van der Waals surface area (Å²) in [5, 5.41) is 0. The minimum absolute atomic E-state index is 0.0000974. The number of hydrogen-bond acceptors (Lipinski definition) is 5. The normalized spacial score (nSPS) is 11.8. The van der Waals surface area contributed by atoms with E-state index in [2.05, 4.69) is 0 Å². The fourth-order valence-corrected chi connectivity index (χ4v) is 4.44. The molecule has 7 heteroatoms. The Morgan fingerprint density at radius 1 is 1.00 bits per heavy atom. The number of benzene rings is 2. The molecule has 30 heavy (non-hydrogen) atoms. The predicted octanol–water partition coefficient (Wildman–Crippen LogP) is 3.99. The van der Waals surface area contributed by atoms with Gasteiger partial charge in [-0.3, -0.25) is 4.79 Å². The zero-order valence-corrected chi connectivity index (χ0v) is 19.4. The third kappa shape index (κ3) is 4.79. The van der Waals surface area contributed by atoms with Crippen LogP contribution in [-0.4, -0.2) is 44.2 Å². The maximum Gasteiger partial charge on any atom is 0.338 e. The van der Waals surface area contributed by atoms with Crippen LogP contribution >= 0.6 is 0 Å². The molecule has 6 nitrogen and oxygen atoms in total. The summed E-state index contributed by atoms with van der Waals surface area (Å²) in [5.41, 5.74) is 4.64. The van der Waals surface area contributed by atoms with Crippen molar-refractivity contribution in [3.63, 3.8) is 0 Å². The van der Waals surface area contributed by atoms with Gasteiger partial charge in [-0.15, -0.1) is 0 Å². The molecule has 0 aromatic heterocycles. The van der Waals surface area contributed by atoms with E-state index < -0.39 is 22.6 Å². The van der Waals surface area contributed by atoms with Crippen LogP contribution in [0.1, 0.15) is 56.8 Å². The molecule has 0 aliphatic carbocycles. The van der Waals surface area contributed by atoms with E-state index in [1.165, 1.54) is 35.6 Å². The smallest absolute Gasteiger partial charge is 0.338 e. The summed E-state index contributed by atoms with van der Waals surface area (Å²) in [6, 6.07) is 7.23. The molecule has 0 saturated carbocycles. The summed E-state index contributed by atoms with van der Waals surface area (Å²) >= 11 is 0. The Labute approximate surface area is 178 Å². The lowest BCUT2D eigenvalue weighted by atomic mass is 9.93. The summed E-state index contributed by atoms with van der Waals surface area (Å²) in [4.78, 5) is 25.1. The highest BCUT2D eigenvalue weighted by Crippen LogP contribution is 2.22. The van der Waals surface area contributed by atoms with E-state index in [1.807, 2.05) is 33.8 Å². The highest BCUT2D eigenvalue weighted by atomic mass is 32.2. The molecule has 0 heterocycles. The van der Waals surface area contributed by atoms with E-state index in [4.69, 9.17) is 4.74 Å². The minimum Gasteiger partial charge on any atom is -0.454 e. The first-order chi connectivity index (χ1) is 13.9. The second-order valence-electron chi connectivity index (χ2n) is 7.76. The number of carbonyl (C=O) groups excluding carboxylic acids is 2. The number of ether oxygens (including phenoxy) is 1. The maximum absolute atomic E-state index is 12.6. The van der Waals surface area contributed by atoms with Gasteiger partial charge in [0.25, 0.3) is 0 Å². The van der Waals surface area contributed by atoms with Gasteiger partial charge in [-0.25, -0.2) is 13.2 Å². The molecule has 0 spiro atoms. The maximum atomic E-state index is 12.6. The molecule has 0 atom stereocenters. The summed E-state index contributed by atoms with van der Waals surface area (Å²) in [6.45, 7) is 10.9. The van der Waals surface area contributed by atoms with Crippen LogP contribution in [0.3, 0.4) is 0 Å². The number of rotatable bonds is 7. The Bertz CT molecular complexity index is 1090. The average Bonchev–Trinajstić information content (AvgIpc) is 2.72. The molecule has 0 fully saturated rings. The number of esters is 1. The Morgan fingerprint density at radius 2 is 1.63 bits per heavy atom. The fourth-order valence-electron chi connectivity index (χ4n) is 3.02. The first-order valence-corrected chi connectivity index (χ1v) is 11.2. The highest BCUT2D eigenvalue weighted by Gasteiger charge is 2.24. The number of aryl methyl sites for hydroxylation is 1. The monoisotopic (exact) mass is 431 g/mol. The van der Waals surface area contributed by atoms with Crippen LogP contribution < -0.4 is 0 Å². The van der Waals surface area contributed by atoms with E-state index >= 15 is 0 Å². The molecule has 0 radical (unpaired) electrons. The molecular formula is C23H29NO5S. The second-order valence-corrected chi connectivity index (χ2v) is 9.76. The van der Waals surface area contributed by atoms with E-state index in [1.54, 1.807) is 13.8 Å². The van der Waals surface area contributed by atoms with Gasteiger partial charge in [-0.2, -0.15) is 4.31 Å². The number of sulfonamides is 1. The summed E-state index contributed by atoms with van der Waals surface area (Å²) in [6.07, 6.45) is 0. The third-order valence-electron chi connectivity index (χ3n) is 5.59. The molecule has 2 rings (SSSR count). The Kier molecular flexibility index (Phi) is 7.21. The van der Waals surface area contributed by atoms with Crippen LogP contribution in [0.15, 0.2) is 35.2 Å². The van der Waals surface area contributed by atoms with Crippen LogP contribution in [0.5, 0.6) is 0 Å². The van der Waals surface area contributed by atoms with Gasteiger partial charge in [-0.05, 0) is 88.1 Å². The topological polar surface area (TPSA) is 80.8 Å². The van der Waals surface area contributed by atoms with Crippen LogP contribution in [0.25, 0.3) is 0 Å². The zero-order valence-electron chi connectivity index (χ0n) is 18.6. The molecular weight excluding hydrogens is 402 g/mol. The molecule has 0 unspecified atom stereocenters. The number of hydrogen-bond donors (Lipinski definition) is 0. The summed E-state index contributed by atoms with van der Waals surface area (Å²) in [5.74, 6) is -1.04. The van der Waals surface area contributed by atoms with Crippen molar-refractivity contribution >= 4 is 21.8 Å². The zero-order chi connectivity index (χ0) is 22.8. The second kappa shape index (κ2) is 9.10. The van der Waals surface area contributed by atoms with Crippen LogP contribution in [0, 0.1) is 27.7 Å². The SMILES string of the molecule is Cc1cc(C(=O)COC(=O)c2cccc(S(=O)(=O)N(C)C(C)C)c2)c(C)c(C)c1C. The first-order valence-electron chi connectivity index (χ1n) is 9.73. The van der Waals surface area contributed by atoms with Gasteiger partial charge in [-0.1, -0.05) is 6.07 Å². The number of ketones is 1. The molecule has 162 valence electrons. The van der Waals surface area contributed by atoms with Crippen LogP contribution in [0.2, 0.25) is 0 Å². The summed E-state index contributed by atoms with van der Waals surface area (Å²) < 4.78 is 31.7. The summed E-state index contributed by atoms with van der Waals surface area (Å²) in [7, 11) is -2.25. The highest BCUT2D eigenvalue weighted by molar-refractivity contribution is 7.89. The quantitative estimate of drug-likeness (QED) is 0.489. The first kappa shape index (κ1) is 23.8. The molecule has 0 N–H and O–H groups in total. The van der Waals surface area contributed by atoms with Crippen molar-refractivity contribution in [3.8, 4) is 0 Å². The van der Waals surface area contributed by atoms with Gasteiger partial charge >= 0.3 is 5.97 Å². The van der Waals surface area contributed by atoms with Crippen molar-refractivity contribution < 1.29 is 22.7 Å². The van der Waals surface area contributed by atoms with Crippen molar-refractivity contribution in [2.45, 2.75) is 52.5 Å². The molecule has 0 amide bonds. The fraction of sp³-hybridized carbons (Fsp3) is 0.391. The van der Waals surface area contributed by atoms with Gasteiger partial charge in [0.15, 0.2) is 6.61 Å². The molecule has 0 saturated heterocycles. The van der Waals surface area contributed by atoms with Gasteiger partial charge in [0.2, 0.25) is 15.8 Å². The van der Waals surface area contributed by atoms with Gasteiger partial charge in [0.05, 0.1) is 10.5 Å². The molecule has 2 aromatic carbocycles. The standard InChI is InChI=1S/C23H29NO5S/c1-14(2)24(7)30(27,28)20-10-8-9-19(12-20)23(26)29-13-22(25)21-11-15(3)16(4)17(5)18(21)6/h8-12,14H,13H2,1-7H3. The average molecular weight is 432 g/mol. The molecule has 0 bridgehead atoms. The van der Waals surface area contributed by atoms with E-state index in [0.717, 1.165) is 22.3 Å². The van der Waals surface area contributed by atoms with Gasteiger partial charge < -0.3 is 4.74 Å². The van der Waals surface area contributed by atoms with Crippen molar-refractivity contribution in [3.05, 3.63) is 63.7 Å². The Balaban J connectivity index is 2.19. The third-order valence-corrected chi connectivity index (χ3v) is 7.62. The van der Waals surface area contributed by atoms with Gasteiger partial charge in [0.1, 0.15) is 0 Å². The van der Waals surface area contributed by atoms with Crippen molar-refractivity contribution in [2.75, 3.05) is 13.7 Å². The van der Waals surface area contributed by atoms with Crippen molar-refractivity contribution in [1.29, 1.82) is 0 Å². The largest absolute Gasteiger partial charge is 0.454 e. The number of carbonyl (C=O) groups is 2. The predicted molar refractivity (Wildman–Crippen MR) is 117 cm³/mol. The lowest BCUT2D eigenvalue weighted by Crippen LogP contribution is -2.33. The lowest BCUT2D eigenvalue weighted by molar-refractivity contribution is 0.0474. The Morgan fingerprint density at radius 3 is 2.23 bits per heavy atom. The Hall–Kier alpha value is -2.51. The molecule has 0 aliphatic rings. The lowest BCUT2D eigenvalue weighted by Gasteiger charge is -2.21. The van der Waals surface area contributed by atoms with E-state index in [-0.39, 0.29) is 22.3 Å². The molecule has 0 aliphatic heterocycles. The molecule has 2 aromatic rings. The van der Waals surface area contributed by atoms with Crippen LogP contribution in [0.4, 0.5) is 0 Å².